The van der Waals surface area contributed by atoms with E-state index in [-0.39, 0.29) is 23.0 Å². The number of piperazine rings is 1. The minimum absolute atomic E-state index is 0.00408. The molecule has 186 valence electrons. The van der Waals surface area contributed by atoms with Crippen molar-refractivity contribution in [3.05, 3.63) is 52.0 Å². The van der Waals surface area contributed by atoms with Gasteiger partial charge in [-0.3, -0.25) is 14.7 Å². The summed E-state index contributed by atoms with van der Waals surface area (Å²) in [7, 11) is -3.55. The quantitative estimate of drug-likeness (QED) is 0.563. The largest absolute Gasteiger partial charge is 0.340 e. The molecule has 5 rings (SSSR count). The zero-order valence-electron chi connectivity index (χ0n) is 19.7. The standard InChI is InChI=1S/C25H29ClN4O3S2/c1-18-23(34-25-27-8-2-9-30(18)25)17-28-10-12-29(13-11-28)24(31)7-14-35(32,33)22-6-4-19-15-21(26)5-3-20(19)16-22/h3-6,15-16H,2,7-14,17H2,1H3. The summed E-state index contributed by atoms with van der Waals surface area (Å²) in [4.78, 5) is 25.5. The van der Waals surface area contributed by atoms with Crippen molar-refractivity contribution in [1.29, 1.82) is 0 Å². The highest BCUT2D eigenvalue weighted by molar-refractivity contribution is 8.17. The molecule has 3 heterocycles. The zero-order chi connectivity index (χ0) is 24.6. The van der Waals surface area contributed by atoms with E-state index in [0.29, 0.717) is 18.1 Å². The fourth-order valence-electron chi connectivity index (χ4n) is 4.71. The van der Waals surface area contributed by atoms with Gasteiger partial charge in [-0.25, -0.2) is 8.42 Å². The molecule has 0 radical (unpaired) electrons. The van der Waals surface area contributed by atoms with Crippen molar-refractivity contribution >= 4 is 55.0 Å². The van der Waals surface area contributed by atoms with E-state index in [1.165, 1.54) is 10.6 Å². The number of sulfone groups is 1. The van der Waals surface area contributed by atoms with E-state index < -0.39 is 9.84 Å². The average molecular weight is 533 g/mol. The van der Waals surface area contributed by atoms with Gasteiger partial charge < -0.3 is 9.80 Å². The summed E-state index contributed by atoms with van der Waals surface area (Å²) in [5, 5.41) is 3.43. The fraction of sp³-hybridized carbons (Fsp3) is 0.440. The van der Waals surface area contributed by atoms with Gasteiger partial charge in [0.1, 0.15) is 0 Å². The molecule has 0 saturated carbocycles. The third-order valence-corrected chi connectivity index (χ3v) is 10.0. The maximum Gasteiger partial charge on any atom is 0.223 e. The fourth-order valence-corrected chi connectivity index (χ4v) is 7.37. The first-order valence-corrected chi connectivity index (χ1v) is 14.8. The molecule has 2 aromatic rings. The molecule has 10 heteroatoms. The van der Waals surface area contributed by atoms with Gasteiger partial charge >= 0.3 is 0 Å². The number of carbonyl (C=O) groups excluding carboxylic acids is 1. The van der Waals surface area contributed by atoms with E-state index in [0.717, 1.165) is 55.1 Å². The number of hydrogen-bond donors (Lipinski definition) is 0. The molecule has 3 aliphatic heterocycles. The molecule has 0 unspecified atom stereocenters. The number of nitrogens with zero attached hydrogens (tertiary/aromatic N) is 4. The van der Waals surface area contributed by atoms with E-state index in [1.54, 1.807) is 47.0 Å². The summed E-state index contributed by atoms with van der Waals surface area (Å²) < 4.78 is 25.8. The summed E-state index contributed by atoms with van der Waals surface area (Å²) in [6.07, 6.45) is 1.09. The van der Waals surface area contributed by atoms with Gasteiger partial charge in [0.25, 0.3) is 0 Å². The van der Waals surface area contributed by atoms with Crippen LogP contribution in [-0.4, -0.2) is 85.8 Å². The Balaban J connectivity index is 1.13. The van der Waals surface area contributed by atoms with Crippen LogP contribution < -0.4 is 0 Å². The number of fused-ring (bicyclic) bond motifs is 2. The van der Waals surface area contributed by atoms with E-state index in [4.69, 9.17) is 11.6 Å². The van der Waals surface area contributed by atoms with E-state index in [9.17, 15) is 13.2 Å². The molecular weight excluding hydrogens is 504 g/mol. The molecule has 35 heavy (non-hydrogen) atoms. The minimum atomic E-state index is -3.55. The minimum Gasteiger partial charge on any atom is -0.340 e. The highest BCUT2D eigenvalue weighted by Gasteiger charge is 2.30. The van der Waals surface area contributed by atoms with E-state index in [1.807, 2.05) is 6.07 Å². The molecule has 2 aromatic carbocycles. The van der Waals surface area contributed by atoms with Gasteiger partial charge in [0.05, 0.1) is 10.6 Å². The van der Waals surface area contributed by atoms with Crippen LogP contribution in [0.2, 0.25) is 5.02 Å². The van der Waals surface area contributed by atoms with Crippen LogP contribution in [0.4, 0.5) is 0 Å². The SMILES string of the molecule is CC1=C(CN2CCN(C(=O)CCS(=O)(=O)c3ccc4cc(Cl)ccc4c3)CC2)SC2=NCCCN21. The first-order chi connectivity index (χ1) is 16.8. The van der Waals surface area contributed by atoms with Gasteiger partial charge in [-0.05, 0) is 48.4 Å². The number of amides is 1. The van der Waals surface area contributed by atoms with E-state index in [2.05, 4.69) is 21.7 Å². The normalized spacial score (nSPS) is 19.3. The van der Waals surface area contributed by atoms with E-state index >= 15 is 0 Å². The maximum atomic E-state index is 12.9. The second kappa shape index (κ2) is 10.1. The van der Waals surface area contributed by atoms with Gasteiger partial charge in [-0.15, -0.1) is 0 Å². The topological polar surface area (TPSA) is 73.3 Å². The molecule has 1 amide bonds. The van der Waals surface area contributed by atoms with Crippen molar-refractivity contribution in [2.24, 2.45) is 4.99 Å². The van der Waals surface area contributed by atoms with Crippen LogP contribution in [0.3, 0.4) is 0 Å². The second-order valence-electron chi connectivity index (χ2n) is 9.16. The number of hydrogen-bond acceptors (Lipinski definition) is 7. The number of aliphatic imine (C=N–C) groups is 1. The monoisotopic (exact) mass is 532 g/mol. The lowest BCUT2D eigenvalue weighted by molar-refractivity contribution is -0.132. The Morgan fingerprint density at radius 2 is 1.80 bits per heavy atom. The molecule has 1 saturated heterocycles. The Kier molecular flexibility index (Phi) is 7.12. The van der Waals surface area contributed by atoms with Crippen LogP contribution in [0, 0.1) is 0 Å². The zero-order valence-corrected chi connectivity index (χ0v) is 22.1. The molecule has 7 nitrogen and oxygen atoms in total. The van der Waals surface area contributed by atoms with Gasteiger partial charge in [0.15, 0.2) is 15.0 Å². The summed E-state index contributed by atoms with van der Waals surface area (Å²) in [6.45, 7) is 7.81. The van der Waals surface area contributed by atoms with Gasteiger partial charge in [0.2, 0.25) is 5.91 Å². The number of carbonyl (C=O) groups is 1. The molecular formula is C25H29ClN4O3S2. The van der Waals surface area contributed by atoms with Crippen LogP contribution in [-0.2, 0) is 14.6 Å². The third-order valence-electron chi connectivity index (χ3n) is 6.85. The number of allylic oxidation sites excluding steroid dienone is 1. The number of benzene rings is 2. The third kappa shape index (κ3) is 5.38. The predicted molar refractivity (Wildman–Crippen MR) is 143 cm³/mol. The molecule has 0 aliphatic carbocycles. The lowest BCUT2D eigenvalue weighted by atomic mass is 10.1. The molecule has 0 bridgehead atoms. The molecule has 0 aromatic heterocycles. The summed E-state index contributed by atoms with van der Waals surface area (Å²) >= 11 is 7.79. The predicted octanol–water partition coefficient (Wildman–Crippen LogP) is 3.84. The number of halogens is 1. The van der Waals surface area contributed by atoms with Crippen LogP contribution >= 0.6 is 23.4 Å². The Hall–Kier alpha value is -2.07. The van der Waals surface area contributed by atoms with Crippen LogP contribution in [0.1, 0.15) is 19.8 Å². The smallest absolute Gasteiger partial charge is 0.223 e. The molecule has 0 spiro atoms. The Bertz CT molecular complexity index is 1320. The lowest BCUT2D eigenvalue weighted by Gasteiger charge is -2.35. The number of thioether (sulfide) groups is 1. The van der Waals surface area contributed by atoms with Crippen molar-refractivity contribution in [2.45, 2.75) is 24.7 Å². The maximum absolute atomic E-state index is 12.9. The van der Waals surface area contributed by atoms with Gasteiger partial charge in [-0.2, -0.15) is 0 Å². The Morgan fingerprint density at radius 3 is 2.57 bits per heavy atom. The second-order valence-corrected chi connectivity index (χ2v) is 12.8. The summed E-state index contributed by atoms with van der Waals surface area (Å²) in [5.74, 6) is -0.288. The van der Waals surface area contributed by atoms with Crippen molar-refractivity contribution in [1.82, 2.24) is 14.7 Å². The summed E-state index contributed by atoms with van der Waals surface area (Å²) in [5.41, 5.74) is 1.30. The highest BCUT2D eigenvalue weighted by Crippen LogP contribution is 2.36. The van der Waals surface area contributed by atoms with Crippen LogP contribution in [0.25, 0.3) is 10.8 Å². The van der Waals surface area contributed by atoms with Gasteiger partial charge in [0, 0.05) is 67.9 Å². The summed E-state index contributed by atoms with van der Waals surface area (Å²) in [6, 6.07) is 10.4. The van der Waals surface area contributed by atoms with Crippen molar-refractivity contribution < 1.29 is 13.2 Å². The van der Waals surface area contributed by atoms with Crippen LogP contribution in [0.15, 0.2) is 56.9 Å². The Morgan fingerprint density at radius 1 is 1.06 bits per heavy atom. The van der Waals surface area contributed by atoms with Crippen LogP contribution in [0.5, 0.6) is 0 Å². The molecule has 3 aliphatic rings. The first-order valence-electron chi connectivity index (χ1n) is 11.9. The van der Waals surface area contributed by atoms with Crippen molar-refractivity contribution in [2.75, 3.05) is 51.6 Å². The highest BCUT2D eigenvalue weighted by atomic mass is 35.5. The van der Waals surface area contributed by atoms with Gasteiger partial charge in [-0.1, -0.05) is 35.5 Å². The average Bonchev–Trinajstić information content (AvgIpc) is 3.17. The number of amidine groups is 1. The first kappa shape index (κ1) is 24.6. The van der Waals surface area contributed by atoms with Crippen molar-refractivity contribution in [3.8, 4) is 0 Å². The van der Waals surface area contributed by atoms with Crippen molar-refractivity contribution in [3.63, 3.8) is 0 Å². The lowest BCUT2D eigenvalue weighted by Crippen LogP contribution is -2.49. The molecule has 0 N–H and O–H groups in total. The molecule has 0 atom stereocenters. The molecule has 1 fully saturated rings. The number of rotatable bonds is 6. The Labute approximate surface area is 215 Å².